The molecule has 1 amide bonds. The van der Waals surface area contributed by atoms with E-state index in [0.717, 1.165) is 6.07 Å². The standard InChI is InChI=1S/C22H15Cl2F2NO5/c1-29-11-27-21(28)30-18-10-20-19(9-17(18)26)31-22(32-20,12-2-5-14(25)6-3-12)15-7-4-13(23)8-16(15)24/h2-10H,11H2,1H3,(H,27,28). The van der Waals surface area contributed by atoms with E-state index in [0.29, 0.717) is 16.1 Å². The fraction of sp³-hybridized carbons (Fsp3) is 0.136. The summed E-state index contributed by atoms with van der Waals surface area (Å²) in [5, 5.41) is 2.87. The van der Waals surface area contributed by atoms with Crippen LogP contribution < -0.4 is 19.5 Å². The van der Waals surface area contributed by atoms with Gasteiger partial charge in [-0.15, -0.1) is 0 Å². The molecule has 0 aromatic heterocycles. The molecule has 6 nitrogen and oxygen atoms in total. The van der Waals surface area contributed by atoms with Crippen molar-refractivity contribution in [2.24, 2.45) is 0 Å². The molecule has 1 unspecified atom stereocenters. The van der Waals surface area contributed by atoms with Crippen molar-refractivity contribution in [1.29, 1.82) is 0 Å². The van der Waals surface area contributed by atoms with E-state index >= 15 is 0 Å². The number of hydrogen-bond donors (Lipinski definition) is 1. The van der Waals surface area contributed by atoms with Crippen molar-refractivity contribution in [3.8, 4) is 17.2 Å². The molecule has 0 fully saturated rings. The smallest absolute Gasteiger partial charge is 0.414 e. The van der Waals surface area contributed by atoms with Crippen LogP contribution in [0.2, 0.25) is 10.0 Å². The molecule has 1 heterocycles. The Morgan fingerprint density at radius 2 is 1.72 bits per heavy atom. The van der Waals surface area contributed by atoms with Gasteiger partial charge in [-0.3, -0.25) is 5.32 Å². The van der Waals surface area contributed by atoms with Crippen molar-refractivity contribution < 1.29 is 32.5 Å². The molecule has 3 aromatic rings. The van der Waals surface area contributed by atoms with Crippen LogP contribution in [0.3, 0.4) is 0 Å². The molecule has 1 atom stereocenters. The zero-order chi connectivity index (χ0) is 22.9. The second-order valence-corrected chi connectivity index (χ2v) is 7.52. The molecule has 3 aromatic carbocycles. The Morgan fingerprint density at radius 1 is 1.03 bits per heavy atom. The second-order valence-electron chi connectivity index (χ2n) is 6.68. The number of carbonyl (C=O) groups is 1. The van der Waals surface area contributed by atoms with Crippen molar-refractivity contribution in [2.45, 2.75) is 5.79 Å². The SMILES string of the molecule is COCNC(=O)Oc1cc2c(cc1F)OC(c1ccc(F)cc1)(c1ccc(Cl)cc1Cl)O2. The average Bonchev–Trinajstić information content (AvgIpc) is 3.11. The maximum atomic E-state index is 14.6. The van der Waals surface area contributed by atoms with E-state index in [1.807, 2.05) is 0 Å². The van der Waals surface area contributed by atoms with Crippen molar-refractivity contribution >= 4 is 29.3 Å². The minimum absolute atomic E-state index is 0.0301. The Balaban J connectivity index is 1.77. The number of halogens is 4. The molecular weight excluding hydrogens is 467 g/mol. The van der Waals surface area contributed by atoms with E-state index in [9.17, 15) is 13.6 Å². The summed E-state index contributed by atoms with van der Waals surface area (Å²) in [4.78, 5) is 11.8. The largest absolute Gasteiger partial charge is 0.440 e. The lowest BCUT2D eigenvalue weighted by Gasteiger charge is -2.29. The highest BCUT2D eigenvalue weighted by molar-refractivity contribution is 6.35. The maximum absolute atomic E-state index is 14.6. The van der Waals surface area contributed by atoms with Crippen LogP contribution in [-0.4, -0.2) is 19.9 Å². The van der Waals surface area contributed by atoms with Gasteiger partial charge in [0.25, 0.3) is 0 Å². The molecule has 4 rings (SSSR count). The van der Waals surface area contributed by atoms with Gasteiger partial charge in [-0.2, -0.15) is 0 Å². The van der Waals surface area contributed by atoms with E-state index in [1.54, 1.807) is 12.1 Å². The summed E-state index contributed by atoms with van der Waals surface area (Å²) in [6, 6.07) is 12.2. The minimum atomic E-state index is -1.67. The molecule has 0 saturated carbocycles. The Bertz CT molecular complexity index is 1180. The Hall–Kier alpha value is -3.07. The topological polar surface area (TPSA) is 66.0 Å². The fourth-order valence-corrected chi connectivity index (χ4v) is 3.69. The van der Waals surface area contributed by atoms with Crippen molar-refractivity contribution in [3.63, 3.8) is 0 Å². The summed E-state index contributed by atoms with van der Waals surface area (Å²) < 4.78 is 50.0. The van der Waals surface area contributed by atoms with E-state index in [-0.39, 0.29) is 23.3 Å². The lowest BCUT2D eigenvalue weighted by molar-refractivity contribution is -0.0459. The van der Waals surface area contributed by atoms with Gasteiger partial charge in [-0.1, -0.05) is 23.2 Å². The van der Waals surface area contributed by atoms with Gasteiger partial charge in [-0.25, -0.2) is 13.6 Å². The summed E-state index contributed by atoms with van der Waals surface area (Å²) >= 11 is 12.4. The first-order valence-electron chi connectivity index (χ1n) is 9.20. The highest BCUT2D eigenvalue weighted by Crippen LogP contribution is 2.51. The third kappa shape index (κ3) is 4.17. The van der Waals surface area contributed by atoms with Crippen LogP contribution in [0, 0.1) is 11.6 Å². The number of amides is 1. The number of carbonyl (C=O) groups excluding carboxylic acids is 1. The zero-order valence-electron chi connectivity index (χ0n) is 16.5. The van der Waals surface area contributed by atoms with Gasteiger partial charge >= 0.3 is 11.9 Å². The summed E-state index contributed by atoms with van der Waals surface area (Å²) in [5.41, 5.74) is 0.743. The summed E-state index contributed by atoms with van der Waals surface area (Å²) in [6.07, 6.45) is -0.921. The van der Waals surface area contributed by atoms with Gasteiger partial charge in [0.1, 0.15) is 12.5 Å². The van der Waals surface area contributed by atoms with Crippen LogP contribution in [0.4, 0.5) is 13.6 Å². The molecule has 0 saturated heterocycles. The average molecular weight is 482 g/mol. The third-order valence-corrected chi connectivity index (χ3v) is 5.13. The monoisotopic (exact) mass is 481 g/mol. The van der Waals surface area contributed by atoms with Crippen LogP contribution in [0.25, 0.3) is 0 Å². The number of nitrogens with one attached hydrogen (secondary N) is 1. The Labute approximate surface area is 191 Å². The maximum Gasteiger partial charge on any atom is 0.414 e. The Morgan fingerprint density at radius 3 is 2.38 bits per heavy atom. The van der Waals surface area contributed by atoms with Crippen molar-refractivity contribution in [2.75, 3.05) is 13.8 Å². The van der Waals surface area contributed by atoms with Crippen LogP contribution in [-0.2, 0) is 10.5 Å². The molecule has 0 bridgehead atoms. The molecule has 1 N–H and O–H groups in total. The van der Waals surface area contributed by atoms with Crippen LogP contribution in [0.5, 0.6) is 17.2 Å². The molecule has 1 aliphatic heterocycles. The van der Waals surface area contributed by atoms with E-state index in [1.165, 1.54) is 43.5 Å². The number of methoxy groups -OCH3 is 1. The molecule has 0 aliphatic carbocycles. The lowest BCUT2D eigenvalue weighted by atomic mass is 9.97. The van der Waals surface area contributed by atoms with Crippen LogP contribution in [0.1, 0.15) is 11.1 Å². The Kier molecular flexibility index (Phi) is 6.10. The van der Waals surface area contributed by atoms with Gasteiger partial charge in [0.2, 0.25) is 0 Å². The molecule has 10 heteroatoms. The number of benzene rings is 3. The predicted octanol–water partition coefficient (Wildman–Crippen LogP) is 5.64. The zero-order valence-corrected chi connectivity index (χ0v) is 18.0. The summed E-state index contributed by atoms with van der Waals surface area (Å²) in [7, 11) is 1.37. The first-order chi connectivity index (χ1) is 15.3. The summed E-state index contributed by atoms with van der Waals surface area (Å²) in [6.45, 7) is -0.117. The minimum Gasteiger partial charge on any atom is -0.440 e. The van der Waals surface area contributed by atoms with E-state index < -0.39 is 29.3 Å². The molecule has 166 valence electrons. The predicted molar refractivity (Wildman–Crippen MR) is 112 cm³/mol. The lowest BCUT2D eigenvalue weighted by Crippen LogP contribution is -2.37. The van der Waals surface area contributed by atoms with Crippen molar-refractivity contribution in [1.82, 2.24) is 5.32 Å². The quantitative estimate of drug-likeness (QED) is 0.478. The number of hydrogen-bond acceptors (Lipinski definition) is 5. The van der Waals surface area contributed by atoms with E-state index in [4.69, 9.17) is 42.1 Å². The molecule has 0 spiro atoms. The molecule has 0 radical (unpaired) electrons. The summed E-state index contributed by atoms with van der Waals surface area (Å²) in [5.74, 6) is -3.28. The highest BCUT2D eigenvalue weighted by atomic mass is 35.5. The number of rotatable bonds is 5. The fourth-order valence-electron chi connectivity index (χ4n) is 3.16. The van der Waals surface area contributed by atoms with Crippen molar-refractivity contribution in [3.05, 3.63) is 87.4 Å². The van der Waals surface area contributed by atoms with Gasteiger partial charge < -0.3 is 18.9 Å². The van der Waals surface area contributed by atoms with Gasteiger partial charge in [-0.05, 0) is 42.5 Å². The third-order valence-electron chi connectivity index (χ3n) is 4.58. The highest BCUT2D eigenvalue weighted by Gasteiger charge is 2.47. The first-order valence-corrected chi connectivity index (χ1v) is 9.96. The second kappa shape index (κ2) is 8.82. The van der Waals surface area contributed by atoms with Gasteiger partial charge in [0, 0.05) is 29.8 Å². The molecule has 1 aliphatic rings. The van der Waals surface area contributed by atoms with Crippen LogP contribution >= 0.6 is 23.2 Å². The van der Waals surface area contributed by atoms with Gasteiger partial charge in [0.15, 0.2) is 23.1 Å². The number of ether oxygens (including phenoxy) is 4. The normalized spacial score (nSPS) is 16.7. The van der Waals surface area contributed by atoms with Gasteiger partial charge in [0.05, 0.1) is 10.6 Å². The first kappa shape index (κ1) is 22.1. The van der Waals surface area contributed by atoms with Crippen LogP contribution in [0.15, 0.2) is 54.6 Å². The number of fused-ring (bicyclic) bond motifs is 1. The molecule has 32 heavy (non-hydrogen) atoms. The van der Waals surface area contributed by atoms with E-state index in [2.05, 4.69) is 5.32 Å². The molecular formula is C22H15Cl2F2NO5.